The van der Waals surface area contributed by atoms with E-state index in [0.29, 0.717) is 22.7 Å². The molecule has 2 heterocycles. The van der Waals surface area contributed by atoms with Crippen LogP contribution >= 0.6 is 0 Å². The molecule has 3 aromatic carbocycles. The molecule has 3 aromatic rings. The normalized spacial score (nSPS) is 20.5. The predicted molar refractivity (Wildman–Crippen MR) is 127 cm³/mol. The molecule has 1 unspecified atom stereocenters. The van der Waals surface area contributed by atoms with E-state index in [0.717, 1.165) is 31.2 Å². The molecule has 0 saturated carbocycles. The van der Waals surface area contributed by atoms with Gasteiger partial charge >= 0.3 is 0 Å². The van der Waals surface area contributed by atoms with Gasteiger partial charge in [0.05, 0.1) is 11.6 Å². The summed E-state index contributed by atoms with van der Waals surface area (Å²) in [5.74, 6) is -0.440. The van der Waals surface area contributed by atoms with Gasteiger partial charge in [0.1, 0.15) is 5.76 Å². The van der Waals surface area contributed by atoms with E-state index in [-0.39, 0.29) is 18.1 Å². The van der Waals surface area contributed by atoms with E-state index in [4.69, 9.17) is 9.47 Å². The van der Waals surface area contributed by atoms with Crippen LogP contribution in [0.4, 0.5) is 5.69 Å². The molecular formula is C28H23NO5. The molecule has 34 heavy (non-hydrogen) atoms. The minimum Gasteiger partial charge on any atom is -0.507 e. The Labute approximate surface area is 197 Å². The summed E-state index contributed by atoms with van der Waals surface area (Å²) in [6.45, 7) is 0.109. The highest BCUT2D eigenvalue weighted by Crippen LogP contribution is 2.45. The monoisotopic (exact) mass is 453 g/mol. The summed E-state index contributed by atoms with van der Waals surface area (Å²) in [7, 11) is 0. The Morgan fingerprint density at radius 3 is 2.44 bits per heavy atom. The quantitative estimate of drug-likeness (QED) is 0.346. The summed E-state index contributed by atoms with van der Waals surface area (Å²) in [6.07, 6.45) is 4.24. The van der Waals surface area contributed by atoms with E-state index in [1.807, 2.05) is 48.5 Å². The molecule has 0 spiro atoms. The average Bonchev–Trinajstić information content (AvgIpc) is 3.45. The molecule has 0 radical (unpaired) electrons. The number of rotatable bonds is 3. The number of anilines is 1. The lowest BCUT2D eigenvalue weighted by molar-refractivity contribution is -0.132. The Morgan fingerprint density at radius 2 is 1.62 bits per heavy atom. The van der Waals surface area contributed by atoms with Gasteiger partial charge < -0.3 is 14.6 Å². The maximum Gasteiger partial charge on any atom is 0.300 e. The van der Waals surface area contributed by atoms with Crippen molar-refractivity contribution in [2.45, 2.75) is 31.7 Å². The number of carbonyl (C=O) groups is 2. The number of nitrogens with zero attached hydrogens (tertiary/aromatic N) is 1. The molecule has 1 aliphatic carbocycles. The lowest BCUT2D eigenvalue weighted by atomic mass is 9.88. The number of aliphatic hydroxyl groups is 1. The molecule has 1 amide bonds. The minimum atomic E-state index is -0.766. The standard InChI is InChI=1S/C28H23NO5/c30-26(20-11-10-17-6-4-5-9-19(17)14-20)24-25(18-7-2-1-3-8-18)29(28(32)27(24)31)21-12-13-22-23(15-21)34-16-33-22/h1-3,7-8,10-15,25,30H,4-6,9,16H2/b26-24-. The van der Waals surface area contributed by atoms with Crippen LogP contribution in [0.5, 0.6) is 11.5 Å². The van der Waals surface area contributed by atoms with Crippen molar-refractivity contribution in [3.63, 3.8) is 0 Å². The fourth-order valence-electron chi connectivity index (χ4n) is 5.12. The van der Waals surface area contributed by atoms with Crippen LogP contribution in [0.25, 0.3) is 5.76 Å². The summed E-state index contributed by atoms with van der Waals surface area (Å²) in [6, 6.07) is 19.5. The maximum atomic E-state index is 13.3. The molecular weight excluding hydrogens is 430 g/mol. The molecule has 0 bridgehead atoms. The van der Waals surface area contributed by atoms with Crippen molar-refractivity contribution in [3.05, 3.63) is 94.6 Å². The molecule has 6 nitrogen and oxygen atoms in total. The van der Waals surface area contributed by atoms with Gasteiger partial charge in [0.15, 0.2) is 11.5 Å². The number of Topliss-reactive ketones (excluding diaryl/α,β-unsaturated/α-hetero) is 1. The lowest BCUT2D eigenvalue weighted by Gasteiger charge is -2.25. The van der Waals surface area contributed by atoms with Crippen LogP contribution in [0.3, 0.4) is 0 Å². The van der Waals surface area contributed by atoms with Crippen molar-refractivity contribution in [2.75, 3.05) is 11.7 Å². The first-order chi connectivity index (χ1) is 16.6. The van der Waals surface area contributed by atoms with Crippen molar-refractivity contribution in [3.8, 4) is 11.5 Å². The van der Waals surface area contributed by atoms with Gasteiger partial charge in [-0.05, 0) is 60.6 Å². The lowest BCUT2D eigenvalue weighted by Crippen LogP contribution is -2.29. The van der Waals surface area contributed by atoms with Crippen LogP contribution in [-0.2, 0) is 22.4 Å². The third kappa shape index (κ3) is 3.25. The zero-order chi connectivity index (χ0) is 23.2. The molecule has 1 N–H and O–H groups in total. The number of aliphatic hydroxyl groups excluding tert-OH is 1. The Balaban J connectivity index is 1.51. The number of benzene rings is 3. The highest BCUT2D eigenvalue weighted by molar-refractivity contribution is 6.51. The van der Waals surface area contributed by atoms with E-state index in [9.17, 15) is 14.7 Å². The highest BCUT2D eigenvalue weighted by atomic mass is 16.7. The molecule has 170 valence electrons. The predicted octanol–water partition coefficient (Wildman–Crippen LogP) is 4.92. The summed E-state index contributed by atoms with van der Waals surface area (Å²) in [5, 5.41) is 11.4. The number of ketones is 1. The minimum absolute atomic E-state index is 0.0876. The summed E-state index contributed by atoms with van der Waals surface area (Å²) in [5.41, 5.74) is 4.36. The van der Waals surface area contributed by atoms with Gasteiger partial charge in [-0.3, -0.25) is 14.5 Å². The Hall–Kier alpha value is -4.06. The molecule has 1 saturated heterocycles. The largest absolute Gasteiger partial charge is 0.507 e. The van der Waals surface area contributed by atoms with Gasteiger partial charge in [0.25, 0.3) is 11.7 Å². The number of carbonyl (C=O) groups excluding carboxylic acids is 2. The van der Waals surface area contributed by atoms with Gasteiger partial charge in [-0.2, -0.15) is 0 Å². The number of hydrogen-bond acceptors (Lipinski definition) is 5. The zero-order valence-electron chi connectivity index (χ0n) is 18.5. The fourth-order valence-corrected chi connectivity index (χ4v) is 5.12. The molecule has 1 fully saturated rings. The van der Waals surface area contributed by atoms with Gasteiger partial charge in [0, 0.05) is 17.3 Å². The number of ether oxygens (including phenoxy) is 2. The molecule has 6 rings (SSSR count). The van der Waals surface area contributed by atoms with Crippen LogP contribution < -0.4 is 14.4 Å². The molecule has 0 aromatic heterocycles. The van der Waals surface area contributed by atoms with Crippen molar-refractivity contribution < 1.29 is 24.2 Å². The second-order valence-electron chi connectivity index (χ2n) is 8.81. The summed E-state index contributed by atoms with van der Waals surface area (Å²) >= 11 is 0. The topological polar surface area (TPSA) is 76.1 Å². The maximum absolute atomic E-state index is 13.3. The number of aryl methyl sites for hydroxylation is 2. The average molecular weight is 453 g/mol. The number of fused-ring (bicyclic) bond motifs is 2. The van der Waals surface area contributed by atoms with Crippen molar-refractivity contribution in [1.82, 2.24) is 0 Å². The second kappa shape index (κ2) is 8.06. The van der Waals surface area contributed by atoms with Gasteiger partial charge in [-0.1, -0.05) is 42.5 Å². The van der Waals surface area contributed by atoms with Crippen molar-refractivity contribution in [2.24, 2.45) is 0 Å². The van der Waals surface area contributed by atoms with Crippen LogP contribution in [0.15, 0.2) is 72.3 Å². The van der Waals surface area contributed by atoms with Crippen molar-refractivity contribution >= 4 is 23.1 Å². The van der Waals surface area contributed by atoms with Crippen LogP contribution in [0.1, 0.15) is 41.1 Å². The summed E-state index contributed by atoms with van der Waals surface area (Å²) < 4.78 is 10.9. The van der Waals surface area contributed by atoms with Gasteiger partial charge in [0.2, 0.25) is 6.79 Å². The first kappa shape index (κ1) is 20.5. The van der Waals surface area contributed by atoms with Gasteiger partial charge in [-0.15, -0.1) is 0 Å². The van der Waals surface area contributed by atoms with E-state index >= 15 is 0 Å². The third-order valence-corrected chi connectivity index (χ3v) is 6.82. The first-order valence-electron chi connectivity index (χ1n) is 11.5. The molecule has 6 heteroatoms. The second-order valence-corrected chi connectivity index (χ2v) is 8.81. The number of hydrogen-bond donors (Lipinski definition) is 1. The Morgan fingerprint density at radius 1 is 0.853 bits per heavy atom. The first-order valence-corrected chi connectivity index (χ1v) is 11.5. The van der Waals surface area contributed by atoms with Crippen LogP contribution in [0, 0.1) is 0 Å². The van der Waals surface area contributed by atoms with Gasteiger partial charge in [-0.25, -0.2) is 0 Å². The van der Waals surface area contributed by atoms with E-state index in [1.54, 1.807) is 18.2 Å². The SMILES string of the molecule is O=C1C(=O)N(c2ccc3c(c2)OCO3)C(c2ccccc2)/C1=C(/O)c1ccc2c(c1)CCCC2. The van der Waals surface area contributed by atoms with Crippen LogP contribution in [0.2, 0.25) is 0 Å². The fraction of sp³-hybridized carbons (Fsp3) is 0.214. The van der Waals surface area contributed by atoms with Crippen LogP contribution in [-0.4, -0.2) is 23.6 Å². The van der Waals surface area contributed by atoms with E-state index < -0.39 is 17.7 Å². The molecule has 1 atom stereocenters. The Bertz CT molecular complexity index is 1340. The number of amides is 1. The molecule has 3 aliphatic rings. The van der Waals surface area contributed by atoms with E-state index in [1.165, 1.54) is 16.0 Å². The highest BCUT2D eigenvalue weighted by Gasteiger charge is 2.47. The smallest absolute Gasteiger partial charge is 0.300 e. The third-order valence-electron chi connectivity index (χ3n) is 6.82. The Kier molecular flexibility index (Phi) is 4.87. The van der Waals surface area contributed by atoms with Crippen molar-refractivity contribution in [1.29, 1.82) is 0 Å². The summed E-state index contributed by atoms with van der Waals surface area (Å²) in [4.78, 5) is 28.1. The zero-order valence-corrected chi connectivity index (χ0v) is 18.5. The molecule has 2 aliphatic heterocycles. The van der Waals surface area contributed by atoms with E-state index in [2.05, 4.69) is 0 Å².